The van der Waals surface area contributed by atoms with E-state index < -0.39 is 0 Å². The number of carbonyl (C=O) groups is 1. The molecule has 0 aromatic rings. The molecule has 0 radical (unpaired) electrons. The fraction of sp³-hybridized carbons (Fsp3) is 0.429. The third-order valence-electron chi connectivity index (χ3n) is 0.967. The second-order valence-electron chi connectivity index (χ2n) is 1.99. The molecule has 0 aliphatic rings. The Morgan fingerprint density at radius 1 is 1.70 bits per heavy atom. The predicted octanol–water partition coefficient (Wildman–Crippen LogP) is 2.28. The highest BCUT2D eigenvalue weighted by molar-refractivity contribution is 9.12. The van der Waals surface area contributed by atoms with Gasteiger partial charge in [0.2, 0.25) is 0 Å². The molecule has 0 unspecified atom stereocenters. The van der Waals surface area contributed by atoms with Crippen LogP contribution in [0.5, 0.6) is 0 Å². The minimum atomic E-state index is 0.0174. The number of hydrogen-bond donors (Lipinski definition) is 1. The van der Waals surface area contributed by atoms with Gasteiger partial charge in [0, 0.05) is 10.9 Å². The molecule has 0 saturated heterocycles. The van der Waals surface area contributed by atoms with Crippen LogP contribution in [0.2, 0.25) is 0 Å². The molecule has 0 amide bonds. The van der Waals surface area contributed by atoms with Gasteiger partial charge < -0.3 is 5.41 Å². The van der Waals surface area contributed by atoms with Crippen LogP contribution in [0, 0.1) is 5.41 Å². The summed E-state index contributed by atoms with van der Waals surface area (Å²) in [4.78, 5) is 10.5. The largest absolute Gasteiger partial charge is 0.304 e. The lowest BCUT2D eigenvalue weighted by atomic mass is 10.2. The summed E-state index contributed by atoms with van der Waals surface area (Å²) in [5, 5.41) is 7.29. The predicted molar refractivity (Wildman–Crippen MR) is 45.7 cm³/mol. The van der Waals surface area contributed by atoms with Gasteiger partial charge in [0.25, 0.3) is 0 Å². The monoisotopic (exact) mass is 203 g/mol. The van der Waals surface area contributed by atoms with E-state index in [1.54, 1.807) is 6.08 Å². The Morgan fingerprint density at radius 3 is 2.50 bits per heavy atom. The number of ketones is 1. The molecular weight excluding hydrogens is 194 g/mol. The fourth-order valence-corrected chi connectivity index (χ4v) is 0.648. The number of rotatable bonds is 3. The molecule has 0 aromatic heterocycles. The number of hydrogen-bond acceptors (Lipinski definition) is 2. The lowest BCUT2D eigenvalue weighted by molar-refractivity contribution is -0.115. The summed E-state index contributed by atoms with van der Waals surface area (Å²) < 4.78 is 0.697. The van der Waals surface area contributed by atoms with Crippen LogP contribution in [0.4, 0.5) is 0 Å². The van der Waals surface area contributed by atoms with Crippen molar-refractivity contribution in [1.82, 2.24) is 0 Å². The molecule has 0 rings (SSSR count). The van der Waals surface area contributed by atoms with Crippen LogP contribution in [-0.4, -0.2) is 11.5 Å². The topological polar surface area (TPSA) is 40.9 Å². The molecule has 2 nitrogen and oxygen atoms in total. The van der Waals surface area contributed by atoms with E-state index in [-0.39, 0.29) is 12.2 Å². The van der Waals surface area contributed by atoms with Crippen LogP contribution in [0.25, 0.3) is 0 Å². The quantitative estimate of drug-likeness (QED) is 0.704. The first-order valence-corrected chi connectivity index (χ1v) is 3.76. The molecule has 0 spiro atoms. The van der Waals surface area contributed by atoms with Gasteiger partial charge in [-0.25, -0.2) is 0 Å². The van der Waals surface area contributed by atoms with E-state index in [9.17, 15) is 4.79 Å². The van der Waals surface area contributed by atoms with Crippen molar-refractivity contribution >= 4 is 27.4 Å². The van der Waals surface area contributed by atoms with Crippen molar-refractivity contribution < 1.29 is 4.79 Å². The first-order chi connectivity index (χ1) is 4.57. The number of carbonyl (C=O) groups excluding carboxylic acids is 1. The summed E-state index contributed by atoms with van der Waals surface area (Å²) in [5.74, 6) is 0.0174. The molecule has 0 bridgehead atoms. The summed E-state index contributed by atoms with van der Waals surface area (Å²) in [6.07, 6.45) is 1.97. The average molecular weight is 204 g/mol. The van der Waals surface area contributed by atoms with Crippen LogP contribution < -0.4 is 0 Å². The Labute approximate surface area is 69.0 Å². The SMILES string of the molecule is C/C=C(/Br)C(=N)CC(C)=O. The van der Waals surface area contributed by atoms with E-state index in [1.165, 1.54) is 6.92 Å². The zero-order valence-electron chi connectivity index (χ0n) is 6.07. The van der Waals surface area contributed by atoms with Gasteiger partial charge in [-0.1, -0.05) is 6.08 Å². The highest BCUT2D eigenvalue weighted by Gasteiger charge is 2.02. The van der Waals surface area contributed by atoms with E-state index in [0.717, 1.165) is 0 Å². The second-order valence-corrected chi connectivity index (χ2v) is 2.85. The van der Waals surface area contributed by atoms with E-state index in [0.29, 0.717) is 10.2 Å². The zero-order valence-corrected chi connectivity index (χ0v) is 7.66. The highest BCUT2D eigenvalue weighted by atomic mass is 79.9. The molecule has 0 saturated carbocycles. The van der Waals surface area contributed by atoms with E-state index in [2.05, 4.69) is 15.9 Å². The van der Waals surface area contributed by atoms with E-state index >= 15 is 0 Å². The Balaban J connectivity index is 3.99. The minimum absolute atomic E-state index is 0.0174. The van der Waals surface area contributed by atoms with Gasteiger partial charge in [0.05, 0.1) is 5.71 Å². The number of allylic oxidation sites excluding steroid dienone is 2. The summed E-state index contributed by atoms with van der Waals surface area (Å²) in [7, 11) is 0. The van der Waals surface area contributed by atoms with Crippen LogP contribution in [0.3, 0.4) is 0 Å². The summed E-state index contributed by atoms with van der Waals surface area (Å²) >= 11 is 3.16. The number of Topliss-reactive ketones (excluding diaryl/α,β-unsaturated/α-hetero) is 1. The highest BCUT2D eigenvalue weighted by Crippen LogP contribution is 2.08. The molecule has 0 atom stereocenters. The Hall–Kier alpha value is -0.440. The van der Waals surface area contributed by atoms with Crippen molar-refractivity contribution in [3.8, 4) is 0 Å². The number of halogens is 1. The third-order valence-corrected chi connectivity index (χ3v) is 1.90. The van der Waals surface area contributed by atoms with Crippen molar-refractivity contribution in [2.75, 3.05) is 0 Å². The molecule has 1 N–H and O–H groups in total. The summed E-state index contributed by atoms with van der Waals surface area (Å²) in [6, 6.07) is 0. The molecule has 3 heteroatoms. The molecule has 0 aliphatic heterocycles. The van der Waals surface area contributed by atoms with Crippen molar-refractivity contribution in [3.63, 3.8) is 0 Å². The molecule has 0 fully saturated rings. The smallest absolute Gasteiger partial charge is 0.135 e. The minimum Gasteiger partial charge on any atom is -0.304 e. The van der Waals surface area contributed by atoms with Gasteiger partial charge in [-0.15, -0.1) is 0 Å². The van der Waals surface area contributed by atoms with E-state index in [4.69, 9.17) is 5.41 Å². The maximum Gasteiger partial charge on any atom is 0.135 e. The molecule has 56 valence electrons. The van der Waals surface area contributed by atoms with Gasteiger partial charge in [0.15, 0.2) is 0 Å². The van der Waals surface area contributed by atoms with Gasteiger partial charge in [-0.3, -0.25) is 4.79 Å². The maximum absolute atomic E-state index is 10.5. The zero-order chi connectivity index (χ0) is 8.15. The average Bonchev–Trinajstić information content (AvgIpc) is 1.85. The van der Waals surface area contributed by atoms with Crippen LogP contribution in [0.15, 0.2) is 10.6 Å². The summed E-state index contributed by atoms with van der Waals surface area (Å²) in [6.45, 7) is 3.29. The lowest BCUT2D eigenvalue weighted by Crippen LogP contribution is -2.02. The number of nitrogens with one attached hydrogen (secondary N) is 1. The van der Waals surface area contributed by atoms with Gasteiger partial charge in [0.1, 0.15) is 5.78 Å². The van der Waals surface area contributed by atoms with Crippen molar-refractivity contribution in [2.24, 2.45) is 0 Å². The van der Waals surface area contributed by atoms with E-state index in [1.807, 2.05) is 6.92 Å². The van der Waals surface area contributed by atoms with Gasteiger partial charge in [-0.2, -0.15) is 0 Å². The Morgan fingerprint density at radius 2 is 2.20 bits per heavy atom. The maximum atomic E-state index is 10.5. The lowest BCUT2D eigenvalue weighted by Gasteiger charge is -1.96. The normalized spacial score (nSPS) is 11.3. The molecule has 10 heavy (non-hydrogen) atoms. The fourth-order valence-electron chi connectivity index (χ4n) is 0.508. The molecule has 0 heterocycles. The Bertz CT molecular complexity index is 184. The molecule has 0 aliphatic carbocycles. The van der Waals surface area contributed by atoms with Crippen LogP contribution >= 0.6 is 15.9 Å². The van der Waals surface area contributed by atoms with Crippen molar-refractivity contribution in [1.29, 1.82) is 5.41 Å². The van der Waals surface area contributed by atoms with Gasteiger partial charge >= 0.3 is 0 Å². The third kappa shape index (κ3) is 3.56. The molecular formula is C7H10BrNO. The first-order valence-electron chi connectivity index (χ1n) is 2.97. The molecule has 0 aromatic carbocycles. The van der Waals surface area contributed by atoms with Crippen molar-refractivity contribution in [3.05, 3.63) is 10.6 Å². The first kappa shape index (κ1) is 9.56. The van der Waals surface area contributed by atoms with Crippen LogP contribution in [-0.2, 0) is 4.79 Å². The van der Waals surface area contributed by atoms with Crippen molar-refractivity contribution in [2.45, 2.75) is 20.3 Å². The summed E-state index contributed by atoms with van der Waals surface area (Å²) in [5.41, 5.74) is 0.343. The standard InChI is InChI=1S/C7H10BrNO/c1-3-6(8)7(9)4-5(2)10/h3,9H,4H2,1-2H3/b6-3+,9-7?. The van der Waals surface area contributed by atoms with Crippen LogP contribution in [0.1, 0.15) is 20.3 Å². The van der Waals surface area contributed by atoms with Gasteiger partial charge in [-0.05, 0) is 29.8 Å². The Kier molecular flexibility index (Phi) is 4.19. The second kappa shape index (κ2) is 4.39.